The van der Waals surface area contributed by atoms with Gasteiger partial charge in [-0.2, -0.15) is 0 Å². The molecule has 0 bridgehead atoms. The van der Waals surface area contributed by atoms with Gasteiger partial charge in [0.2, 0.25) is 0 Å². The van der Waals surface area contributed by atoms with Gasteiger partial charge in [0.05, 0.1) is 11.5 Å². The minimum Gasteiger partial charge on any atom is -0.456 e. The van der Waals surface area contributed by atoms with Crippen LogP contribution in [0.15, 0.2) is 30.3 Å². The number of hydrogen-bond acceptors (Lipinski definition) is 5. The number of esters is 1. The molecule has 1 aliphatic rings. The predicted molar refractivity (Wildman–Crippen MR) is 80.6 cm³/mol. The summed E-state index contributed by atoms with van der Waals surface area (Å²) in [5, 5.41) is 2.65. The number of ether oxygens (including phenoxy) is 1. The molecule has 1 heterocycles. The van der Waals surface area contributed by atoms with Crippen LogP contribution in [0.25, 0.3) is 0 Å². The summed E-state index contributed by atoms with van der Waals surface area (Å²) < 4.78 is 27.5. The van der Waals surface area contributed by atoms with Crippen LogP contribution in [0.5, 0.6) is 0 Å². The Hall–Kier alpha value is -1.89. The van der Waals surface area contributed by atoms with Gasteiger partial charge in [-0.05, 0) is 17.9 Å². The monoisotopic (exact) mass is 325 g/mol. The summed E-state index contributed by atoms with van der Waals surface area (Å²) in [6.45, 7) is 0.0310. The molecule has 1 N–H and O–H groups in total. The lowest BCUT2D eigenvalue weighted by Crippen LogP contribution is -2.28. The van der Waals surface area contributed by atoms with Crippen LogP contribution in [0.2, 0.25) is 0 Å². The van der Waals surface area contributed by atoms with Gasteiger partial charge < -0.3 is 10.1 Å². The molecular formula is C15H19NO5S. The van der Waals surface area contributed by atoms with Crippen molar-refractivity contribution in [2.75, 3.05) is 18.1 Å². The second-order valence-electron chi connectivity index (χ2n) is 5.40. The number of rotatable bonds is 6. The molecule has 1 aromatic rings. The molecule has 1 saturated heterocycles. The Morgan fingerprint density at radius 3 is 2.59 bits per heavy atom. The highest BCUT2D eigenvalue weighted by atomic mass is 32.2. The van der Waals surface area contributed by atoms with Crippen LogP contribution in [0.1, 0.15) is 18.4 Å². The van der Waals surface area contributed by atoms with Gasteiger partial charge in [0.25, 0.3) is 5.91 Å². The fourth-order valence-corrected chi connectivity index (χ4v) is 4.18. The first-order valence-corrected chi connectivity index (χ1v) is 8.93. The first-order chi connectivity index (χ1) is 10.4. The van der Waals surface area contributed by atoms with Crippen molar-refractivity contribution in [2.45, 2.75) is 19.4 Å². The highest BCUT2D eigenvalue weighted by Crippen LogP contribution is 2.21. The van der Waals surface area contributed by atoms with E-state index in [0.717, 1.165) is 5.56 Å². The Labute approximate surface area is 129 Å². The summed E-state index contributed by atoms with van der Waals surface area (Å²) in [6.07, 6.45) is 0.531. The first kappa shape index (κ1) is 16.5. The normalized spacial score (nSPS) is 19.5. The second kappa shape index (κ2) is 7.40. The molecule has 0 unspecified atom stereocenters. The van der Waals surface area contributed by atoms with Gasteiger partial charge in [-0.1, -0.05) is 30.3 Å². The van der Waals surface area contributed by atoms with Crippen molar-refractivity contribution in [2.24, 2.45) is 5.92 Å². The van der Waals surface area contributed by atoms with Crippen LogP contribution in [-0.4, -0.2) is 38.4 Å². The van der Waals surface area contributed by atoms with Gasteiger partial charge in [0.15, 0.2) is 16.4 Å². The maximum atomic E-state index is 11.6. The molecule has 2 rings (SSSR count). The minimum atomic E-state index is -3.00. The molecule has 0 aromatic heterocycles. The van der Waals surface area contributed by atoms with Gasteiger partial charge in [0, 0.05) is 13.0 Å². The van der Waals surface area contributed by atoms with Gasteiger partial charge in [-0.3, -0.25) is 9.59 Å². The van der Waals surface area contributed by atoms with Gasteiger partial charge in [-0.15, -0.1) is 0 Å². The van der Waals surface area contributed by atoms with Crippen molar-refractivity contribution < 1.29 is 22.7 Å². The van der Waals surface area contributed by atoms with Crippen LogP contribution in [0, 0.1) is 5.92 Å². The van der Waals surface area contributed by atoms with E-state index >= 15 is 0 Å². The van der Waals surface area contributed by atoms with E-state index in [1.165, 1.54) is 0 Å². The Morgan fingerprint density at radius 2 is 1.95 bits per heavy atom. The lowest BCUT2D eigenvalue weighted by molar-refractivity contribution is -0.149. The molecule has 22 heavy (non-hydrogen) atoms. The number of carbonyl (C=O) groups is 2. The molecule has 1 amide bonds. The smallest absolute Gasteiger partial charge is 0.306 e. The van der Waals surface area contributed by atoms with Crippen LogP contribution in [0.4, 0.5) is 0 Å². The zero-order chi connectivity index (χ0) is 16.0. The highest BCUT2D eigenvalue weighted by Gasteiger charge is 2.29. The third-order valence-electron chi connectivity index (χ3n) is 3.48. The van der Waals surface area contributed by atoms with Crippen LogP contribution in [-0.2, 0) is 30.7 Å². The van der Waals surface area contributed by atoms with E-state index in [2.05, 4.69) is 5.32 Å². The van der Waals surface area contributed by atoms with E-state index in [1.54, 1.807) is 0 Å². The standard InChI is InChI=1S/C15H19NO5S/c17-14(16-9-12-4-2-1-3-5-12)10-21-15(18)8-13-6-7-22(19,20)11-13/h1-5,13H,6-11H2,(H,16,17)/t13-/m0/s1. The number of nitrogens with one attached hydrogen (secondary N) is 1. The molecule has 0 spiro atoms. The fourth-order valence-electron chi connectivity index (χ4n) is 2.32. The SMILES string of the molecule is O=C(COC(=O)C[C@@H]1CCS(=O)(=O)C1)NCc1ccccc1. The molecule has 1 aliphatic heterocycles. The molecule has 1 fully saturated rings. The lowest BCUT2D eigenvalue weighted by atomic mass is 10.1. The molecule has 120 valence electrons. The highest BCUT2D eigenvalue weighted by molar-refractivity contribution is 7.91. The summed E-state index contributed by atoms with van der Waals surface area (Å²) in [7, 11) is -3.00. The molecule has 1 aromatic carbocycles. The zero-order valence-corrected chi connectivity index (χ0v) is 13.0. The molecule has 0 radical (unpaired) electrons. The van der Waals surface area contributed by atoms with E-state index in [0.29, 0.717) is 13.0 Å². The largest absolute Gasteiger partial charge is 0.456 e. The van der Waals surface area contributed by atoms with Crippen molar-refractivity contribution >= 4 is 21.7 Å². The Bertz CT molecular complexity index is 627. The summed E-state index contributed by atoms with van der Waals surface area (Å²) in [6, 6.07) is 9.39. The average Bonchev–Trinajstić information content (AvgIpc) is 2.83. The van der Waals surface area contributed by atoms with Crippen molar-refractivity contribution in [3.05, 3.63) is 35.9 Å². The third kappa shape index (κ3) is 5.48. The van der Waals surface area contributed by atoms with Crippen LogP contribution >= 0.6 is 0 Å². The Balaban J connectivity index is 1.65. The number of hydrogen-bond donors (Lipinski definition) is 1. The summed E-state index contributed by atoms with van der Waals surface area (Å²) in [5.74, 6) is -0.941. The minimum absolute atomic E-state index is 0.0301. The maximum absolute atomic E-state index is 11.6. The van der Waals surface area contributed by atoms with Gasteiger partial charge in [-0.25, -0.2) is 8.42 Å². The quantitative estimate of drug-likeness (QED) is 0.777. The third-order valence-corrected chi connectivity index (χ3v) is 5.32. The number of carbonyl (C=O) groups excluding carboxylic acids is 2. The van der Waals surface area contributed by atoms with E-state index < -0.39 is 15.8 Å². The Kier molecular flexibility index (Phi) is 5.54. The van der Waals surface area contributed by atoms with Crippen LogP contribution in [0.3, 0.4) is 0 Å². The van der Waals surface area contributed by atoms with Gasteiger partial charge in [0.1, 0.15) is 0 Å². The van der Waals surface area contributed by atoms with Crippen LogP contribution < -0.4 is 5.32 Å². The fraction of sp³-hybridized carbons (Fsp3) is 0.467. The predicted octanol–water partition coefficient (Wildman–Crippen LogP) is 0.671. The van der Waals surface area contributed by atoms with Gasteiger partial charge >= 0.3 is 5.97 Å². The molecule has 7 heteroatoms. The topological polar surface area (TPSA) is 89.5 Å². The summed E-state index contributed by atoms with van der Waals surface area (Å²) in [4.78, 5) is 23.2. The van der Waals surface area contributed by atoms with Crippen molar-refractivity contribution in [1.82, 2.24) is 5.32 Å². The average molecular weight is 325 g/mol. The molecule has 0 saturated carbocycles. The van der Waals surface area contributed by atoms with E-state index in [9.17, 15) is 18.0 Å². The molecular weight excluding hydrogens is 306 g/mol. The first-order valence-electron chi connectivity index (χ1n) is 7.11. The van der Waals surface area contributed by atoms with E-state index in [4.69, 9.17) is 4.74 Å². The summed E-state index contributed by atoms with van der Waals surface area (Å²) >= 11 is 0. The number of sulfone groups is 1. The molecule has 0 aliphatic carbocycles. The second-order valence-corrected chi connectivity index (χ2v) is 7.62. The molecule has 1 atom stereocenters. The van der Waals surface area contributed by atoms with E-state index in [-0.39, 0.29) is 36.4 Å². The lowest BCUT2D eigenvalue weighted by Gasteiger charge is -2.09. The van der Waals surface area contributed by atoms with Crippen molar-refractivity contribution in [1.29, 1.82) is 0 Å². The summed E-state index contributed by atoms with van der Waals surface area (Å²) in [5.41, 5.74) is 0.957. The number of amides is 1. The zero-order valence-electron chi connectivity index (χ0n) is 12.2. The van der Waals surface area contributed by atoms with Crippen molar-refractivity contribution in [3.8, 4) is 0 Å². The maximum Gasteiger partial charge on any atom is 0.306 e. The number of benzene rings is 1. The Morgan fingerprint density at radius 1 is 1.23 bits per heavy atom. The van der Waals surface area contributed by atoms with E-state index in [1.807, 2.05) is 30.3 Å². The molecule has 6 nitrogen and oxygen atoms in total. The van der Waals surface area contributed by atoms with Crippen molar-refractivity contribution in [3.63, 3.8) is 0 Å².